The second-order valence-electron chi connectivity index (χ2n) is 3.73. The molecule has 0 aliphatic carbocycles. The van der Waals surface area contributed by atoms with Crippen molar-refractivity contribution in [1.29, 1.82) is 0 Å². The number of rotatable bonds is 2. The van der Waals surface area contributed by atoms with Gasteiger partial charge in [-0.1, -0.05) is 17.7 Å². The molecule has 82 valence electrons. The molecule has 0 unspecified atom stereocenters. The van der Waals surface area contributed by atoms with Crippen molar-refractivity contribution >= 4 is 17.5 Å². The van der Waals surface area contributed by atoms with Crippen molar-refractivity contribution in [3.8, 4) is 0 Å². The van der Waals surface area contributed by atoms with Gasteiger partial charge in [-0.05, 0) is 31.5 Å². The molecule has 1 aromatic rings. The van der Waals surface area contributed by atoms with Gasteiger partial charge in [0, 0.05) is 0 Å². The lowest BCUT2D eigenvalue weighted by molar-refractivity contribution is 0.0784. The van der Waals surface area contributed by atoms with E-state index < -0.39 is 11.5 Å². The van der Waals surface area contributed by atoms with Gasteiger partial charge >= 0.3 is 0 Å². The van der Waals surface area contributed by atoms with Crippen molar-refractivity contribution in [3.63, 3.8) is 0 Å². The Morgan fingerprint density at radius 2 is 2.13 bits per heavy atom. The van der Waals surface area contributed by atoms with E-state index in [-0.39, 0.29) is 5.56 Å². The van der Waals surface area contributed by atoms with Crippen LogP contribution in [-0.2, 0) is 5.60 Å². The summed E-state index contributed by atoms with van der Waals surface area (Å²) in [5.74, 6) is 4.53. The Labute approximate surface area is 93.0 Å². The normalized spacial score (nSPS) is 11.3. The Hall–Kier alpha value is -1.10. The summed E-state index contributed by atoms with van der Waals surface area (Å²) in [6.45, 7) is 3.25. The molecule has 4 nitrogen and oxygen atoms in total. The molecule has 0 saturated heterocycles. The van der Waals surface area contributed by atoms with E-state index in [4.69, 9.17) is 17.4 Å². The smallest absolute Gasteiger partial charge is 0.266 e. The zero-order chi connectivity index (χ0) is 11.6. The molecule has 15 heavy (non-hydrogen) atoms. The SMILES string of the molecule is CC(C)(O)c1ccc(Cl)c(C(=O)NN)c1. The third-order valence-corrected chi connectivity index (χ3v) is 2.38. The summed E-state index contributed by atoms with van der Waals surface area (Å²) in [5, 5.41) is 10.0. The fourth-order valence-corrected chi connectivity index (χ4v) is 1.36. The van der Waals surface area contributed by atoms with Crippen LogP contribution < -0.4 is 11.3 Å². The summed E-state index contributed by atoms with van der Waals surface area (Å²) in [5.41, 5.74) is 1.83. The van der Waals surface area contributed by atoms with Crippen LogP contribution in [0.2, 0.25) is 5.02 Å². The van der Waals surface area contributed by atoms with Crippen molar-refractivity contribution in [2.75, 3.05) is 0 Å². The lowest BCUT2D eigenvalue weighted by atomic mass is 9.96. The molecule has 4 N–H and O–H groups in total. The van der Waals surface area contributed by atoms with Crippen LogP contribution >= 0.6 is 11.6 Å². The van der Waals surface area contributed by atoms with Gasteiger partial charge < -0.3 is 5.11 Å². The van der Waals surface area contributed by atoms with Gasteiger partial charge in [-0.25, -0.2) is 5.84 Å². The van der Waals surface area contributed by atoms with Gasteiger partial charge in [0.1, 0.15) is 0 Å². The van der Waals surface area contributed by atoms with E-state index >= 15 is 0 Å². The van der Waals surface area contributed by atoms with E-state index in [9.17, 15) is 9.90 Å². The number of nitrogens with one attached hydrogen (secondary N) is 1. The second-order valence-corrected chi connectivity index (χ2v) is 4.13. The lowest BCUT2D eigenvalue weighted by Crippen LogP contribution is -2.30. The highest BCUT2D eigenvalue weighted by atomic mass is 35.5. The maximum absolute atomic E-state index is 11.3. The van der Waals surface area contributed by atoms with Gasteiger partial charge in [-0.15, -0.1) is 0 Å². The van der Waals surface area contributed by atoms with Crippen LogP contribution in [0.4, 0.5) is 0 Å². The Kier molecular flexibility index (Phi) is 3.34. The molecule has 0 saturated carbocycles. The molecule has 0 fully saturated rings. The zero-order valence-corrected chi connectivity index (χ0v) is 9.30. The van der Waals surface area contributed by atoms with Crippen LogP contribution in [0.25, 0.3) is 0 Å². The zero-order valence-electron chi connectivity index (χ0n) is 8.54. The van der Waals surface area contributed by atoms with Crippen LogP contribution in [0.3, 0.4) is 0 Å². The van der Waals surface area contributed by atoms with Gasteiger partial charge in [0.15, 0.2) is 0 Å². The maximum Gasteiger partial charge on any atom is 0.266 e. The number of hydrogen-bond donors (Lipinski definition) is 3. The summed E-state index contributed by atoms with van der Waals surface area (Å²) in [6, 6.07) is 4.74. The largest absolute Gasteiger partial charge is 0.386 e. The number of nitrogen functional groups attached to an aromatic ring is 1. The fraction of sp³-hybridized carbons (Fsp3) is 0.300. The van der Waals surface area contributed by atoms with E-state index in [0.717, 1.165) is 0 Å². The van der Waals surface area contributed by atoms with E-state index in [1.807, 2.05) is 5.43 Å². The molecule has 0 spiro atoms. The first-order valence-electron chi connectivity index (χ1n) is 4.39. The van der Waals surface area contributed by atoms with Gasteiger partial charge in [0.25, 0.3) is 5.91 Å². The Balaban J connectivity index is 3.23. The summed E-state index contributed by atoms with van der Waals surface area (Å²) in [4.78, 5) is 11.3. The summed E-state index contributed by atoms with van der Waals surface area (Å²) in [7, 11) is 0. The number of hydrogen-bond acceptors (Lipinski definition) is 3. The molecular formula is C10H13ClN2O2. The molecular weight excluding hydrogens is 216 g/mol. The first-order valence-corrected chi connectivity index (χ1v) is 4.77. The van der Waals surface area contributed by atoms with Crippen LogP contribution in [0.15, 0.2) is 18.2 Å². The Morgan fingerprint density at radius 1 is 1.53 bits per heavy atom. The maximum atomic E-state index is 11.3. The molecule has 1 amide bonds. The number of halogens is 1. The first-order chi connectivity index (χ1) is 6.86. The van der Waals surface area contributed by atoms with Gasteiger partial charge in [-0.3, -0.25) is 10.2 Å². The third-order valence-electron chi connectivity index (χ3n) is 2.05. The highest BCUT2D eigenvalue weighted by Crippen LogP contribution is 2.24. The van der Waals surface area contributed by atoms with Crippen molar-refractivity contribution in [1.82, 2.24) is 5.43 Å². The predicted molar refractivity (Wildman–Crippen MR) is 58.4 cm³/mol. The van der Waals surface area contributed by atoms with Crippen LogP contribution in [0.5, 0.6) is 0 Å². The molecule has 0 aromatic heterocycles. The standard InChI is InChI=1S/C10H13ClN2O2/c1-10(2,15)6-3-4-8(11)7(5-6)9(14)13-12/h3-5,15H,12H2,1-2H3,(H,13,14). The average Bonchev–Trinajstić information content (AvgIpc) is 2.15. The minimum atomic E-state index is -1.02. The highest BCUT2D eigenvalue weighted by molar-refractivity contribution is 6.33. The highest BCUT2D eigenvalue weighted by Gasteiger charge is 2.19. The van der Waals surface area contributed by atoms with Crippen molar-refractivity contribution in [2.45, 2.75) is 19.4 Å². The Morgan fingerprint density at radius 3 is 2.60 bits per heavy atom. The van der Waals surface area contributed by atoms with E-state index in [0.29, 0.717) is 10.6 Å². The number of aliphatic hydroxyl groups is 1. The second kappa shape index (κ2) is 4.18. The minimum absolute atomic E-state index is 0.249. The molecule has 0 bridgehead atoms. The van der Waals surface area contributed by atoms with Crippen molar-refractivity contribution in [3.05, 3.63) is 34.3 Å². The minimum Gasteiger partial charge on any atom is -0.386 e. The quantitative estimate of drug-likeness (QED) is 0.404. The number of carbonyl (C=O) groups excluding carboxylic acids is 1. The number of benzene rings is 1. The predicted octanol–water partition coefficient (Wildman–Crippen LogP) is 1.17. The molecule has 0 atom stereocenters. The topological polar surface area (TPSA) is 75.3 Å². The lowest BCUT2D eigenvalue weighted by Gasteiger charge is -2.18. The molecule has 0 heterocycles. The molecule has 0 radical (unpaired) electrons. The monoisotopic (exact) mass is 228 g/mol. The Bertz CT molecular complexity index is 385. The van der Waals surface area contributed by atoms with E-state index in [1.54, 1.807) is 26.0 Å². The van der Waals surface area contributed by atoms with Gasteiger partial charge in [0.05, 0.1) is 16.2 Å². The van der Waals surface area contributed by atoms with Gasteiger partial charge in [0.2, 0.25) is 0 Å². The van der Waals surface area contributed by atoms with Crippen LogP contribution in [-0.4, -0.2) is 11.0 Å². The fourth-order valence-electron chi connectivity index (χ4n) is 1.16. The first kappa shape index (κ1) is 12.0. The summed E-state index contributed by atoms with van der Waals surface area (Å²) >= 11 is 5.82. The van der Waals surface area contributed by atoms with Crippen molar-refractivity contribution < 1.29 is 9.90 Å². The van der Waals surface area contributed by atoms with Crippen LogP contribution in [0.1, 0.15) is 29.8 Å². The van der Waals surface area contributed by atoms with Gasteiger partial charge in [-0.2, -0.15) is 0 Å². The molecule has 5 heteroatoms. The molecule has 1 rings (SSSR count). The number of hydrazine groups is 1. The number of nitrogens with two attached hydrogens (primary N) is 1. The summed E-state index contributed by atoms with van der Waals surface area (Å²) < 4.78 is 0. The third kappa shape index (κ3) is 2.68. The molecule has 0 aliphatic heterocycles. The average molecular weight is 229 g/mol. The van der Waals surface area contributed by atoms with E-state index in [1.165, 1.54) is 6.07 Å². The van der Waals surface area contributed by atoms with Crippen LogP contribution in [0, 0.1) is 0 Å². The number of amides is 1. The van der Waals surface area contributed by atoms with Crippen molar-refractivity contribution in [2.24, 2.45) is 5.84 Å². The molecule has 1 aromatic carbocycles. The van der Waals surface area contributed by atoms with E-state index in [2.05, 4.69) is 0 Å². The molecule has 0 aliphatic rings. The number of carbonyl (C=O) groups is 1. The summed E-state index contributed by atoms with van der Waals surface area (Å²) in [6.07, 6.45) is 0.